The summed E-state index contributed by atoms with van der Waals surface area (Å²) >= 11 is 0. The van der Waals surface area contributed by atoms with Gasteiger partial charge in [-0.3, -0.25) is 0 Å². The molecule has 0 bridgehead atoms. The molecule has 5 rings (SSSR count). The lowest BCUT2D eigenvalue weighted by molar-refractivity contribution is -0.660. The van der Waals surface area contributed by atoms with Crippen LogP contribution in [0.15, 0.2) is 77.3 Å². The molecule has 2 nitrogen and oxygen atoms in total. The lowest BCUT2D eigenvalue weighted by Crippen LogP contribution is -2.34. The zero-order chi connectivity index (χ0) is 25.1. The highest BCUT2D eigenvalue weighted by molar-refractivity contribution is 6.09. The van der Waals surface area contributed by atoms with Gasteiger partial charge in [0.25, 0.3) is 0 Å². The summed E-state index contributed by atoms with van der Waals surface area (Å²) in [4.78, 5) is 0. The van der Waals surface area contributed by atoms with Gasteiger partial charge in [0.15, 0.2) is 6.20 Å². The smallest absolute Gasteiger partial charge is 0.216 e. The average molecular weight is 424 g/mol. The van der Waals surface area contributed by atoms with Gasteiger partial charge in [-0.1, -0.05) is 75.4 Å². The molecule has 2 aromatic heterocycles. The first-order valence-electron chi connectivity index (χ1n) is 12.5. The average Bonchev–Trinajstić information content (AvgIpc) is 3.16. The summed E-state index contributed by atoms with van der Waals surface area (Å²) in [6, 6.07) is 21.8. The summed E-state index contributed by atoms with van der Waals surface area (Å²) in [5.41, 5.74) is 7.76. The molecule has 0 aliphatic heterocycles. The Morgan fingerprint density at radius 2 is 1.59 bits per heavy atom. The Bertz CT molecular complexity index is 1590. The predicted octanol–water partition coefficient (Wildman–Crippen LogP) is 7.66. The predicted molar refractivity (Wildman–Crippen MR) is 134 cm³/mol. The molecule has 0 fully saturated rings. The van der Waals surface area contributed by atoms with Crippen LogP contribution in [0.25, 0.3) is 44.3 Å². The molecule has 0 saturated carbocycles. The minimum atomic E-state index is -2.21. The van der Waals surface area contributed by atoms with Crippen LogP contribution >= 0.6 is 0 Å². The first kappa shape index (κ1) is 17.2. The topological polar surface area (TPSA) is 17.0 Å². The molecule has 2 heteroatoms. The van der Waals surface area contributed by atoms with Crippen molar-refractivity contribution in [1.82, 2.24) is 0 Å². The first-order chi connectivity index (χ1) is 16.5. The van der Waals surface area contributed by atoms with E-state index < -0.39 is 6.85 Å². The first-order valence-corrected chi connectivity index (χ1v) is 11.0. The Morgan fingerprint density at radius 3 is 2.38 bits per heavy atom. The van der Waals surface area contributed by atoms with Crippen molar-refractivity contribution in [2.75, 3.05) is 0 Å². The normalized spacial score (nSPS) is 13.8. The molecule has 32 heavy (non-hydrogen) atoms. The molecule has 0 radical (unpaired) electrons. The van der Waals surface area contributed by atoms with Gasteiger partial charge in [0, 0.05) is 26.5 Å². The summed E-state index contributed by atoms with van der Waals surface area (Å²) < 4.78 is 33.0. The molecule has 0 amide bonds. The number of aromatic nitrogens is 1. The van der Waals surface area contributed by atoms with Gasteiger partial charge in [-0.05, 0) is 47.5 Å². The number of hydrogen-bond acceptors (Lipinski definition) is 1. The zero-order valence-electron chi connectivity index (χ0n) is 22.3. The van der Waals surface area contributed by atoms with Gasteiger partial charge in [-0.25, -0.2) is 4.57 Å². The third-order valence-corrected chi connectivity index (χ3v) is 6.31. The van der Waals surface area contributed by atoms with Crippen LogP contribution in [0.4, 0.5) is 0 Å². The highest BCUT2D eigenvalue weighted by Gasteiger charge is 2.28. The number of nitrogens with zero attached hydrogens (tertiary/aromatic N) is 1. The van der Waals surface area contributed by atoms with E-state index in [4.69, 9.17) is 8.53 Å². The van der Waals surface area contributed by atoms with Crippen LogP contribution in [-0.2, 0) is 12.5 Å². The number of aryl methyl sites for hydroxylation is 3. The van der Waals surface area contributed by atoms with E-state index in [2.05, 4.69) is 62.7 Å². The molecular formula is C30H30NO+. The minimum Gasteiger partial charge on any atom is -0.455 e. The molecule has 0 atom stereocenters. The quantitative estimate of drug-likeness (QED) is 0.266. The number of fused-ring (bicyclic) bond motifs is 3. The molecular weight excluding hydrogens is 390 g/mol. The van der Waals surface area contributed by atoms with E-state index in [0.717, 1.165) is 55.4 Å². The van der Waals surface area contributed by atoms with Crippen molar-refractivity contribution in [3.05, 3.63) is 89.6 Å². The lowest BCUT2D eigenvalue weighted by Gasteiger charge is -2.23. The van der Waals surface area contributed by atoms with E-state index in [0.29, 0.717) is 5.56 Å². The van der Waals surface area contributed by atoms with Crippen molar-refractivity contribution in [2.24, 2.45) is 7.05 Å². The Morgan fingerprint density at radius 1 is 0.844 bits per heavy atom. The van der Waals surface area contributed by atoms with Gasteiger partial charge < -0.3 is 4.42 Å². The lowest BCUT2D eigenvalue weighted by atomic mass is 9.81. The minimum absolute atomic E-state index is 0.187. The Hall–Kier alpha value is -3.39. The van der Waals surface area contributed by atoms with Crippen molar-refractivity contribution < 1.29 is 13.1 Å². The van der Waals surface area contributed by atoms with Gasteiger partial charge in [-0.15, -0.1) is 0 Å². The van der Waals surface area contributed by atoms with Gasteiger partial charge in [0.2, 0.25) is 5.69 Å². The highest BCUT2D eigenvalue weighted by atomic mass is 16.3. The van der Waals surface area contributed by atoms with Crippen LogP contribution in [0, 0.1) is 13.8 Å². The number of pyridine rings is 1. The molecule has 3 aromatic carbocycles. The van der Waals surface area contributed by atoms with Gasteiger partial charge in [0.05, 0.1) is 5.56 Å². The van der Waals surface area contributed by atoms with E-state index in [-0.39, 0.29) is 5.41 Å². The molecule has 0 N–H and O–H groups in total. The highest BCUT2D eigenvalue weighted by Crippen LogP contribution is 2.40. The maximum Gasteiger partial charge on any atom is 0.216 e. The third-order valence-electron chi connectivity index (χ3n) is 6.31. The maximum atomic E-state index is 8.17. The molecule has 0 spiro atoms. The molecule has 0 unspecified atom stereocenters. The van der Waals surface area contributed by atoms with Gasteiger partial charge in [-0.2, -0.15) is 0 Å². The maximum absolute atomic E-state index is 8.17. The number of benzene rings is 3. The fourth-order valence-corrected chi connectivity index (χ4v) is 4.64. The SMILES string of the molecule is [2H]C([2H])([2H])c1ccccc1-c1cc(-c2c(C)ccc3c2oc2ccccc23)[n+](C)cc1C(C)(C)C. The molecule has 5 aromatic rings. The van der Waals surface area contributed by atoms with E-state index in [1.54, 1.807) is 12.1 Å². The van der Waals surface area contributed by atoms with Crippen molar-refractivity contribution in [3.63, 3.8) is 0 Å². The summed E-state index contributed by atoms with van der Waals surface area (Å²) in [6.45, 7) is 6.37. The number of para-hydroxylation sites is 1. The summed E-state index contributed by atoms with van der Waals surface area (Å²) in [5, 5.41) is 2.16. The van der Waals surface area contributed by atoms with Crippen molar-refractivity contribution in [1.29, 1.82) is 0 Å². The zero-order valence-corrected chi connectivity index (χ0v) is 19.3. The van der Waals surface area contributed by atoms with Crippen LogP contribution in [0.3, 0.4) is 0 Å². The molecule has 0 aliphatic rings. The fraction of sp³-hybridized carbons (Fsp3) is 0.233. The third kappa shape index (κ3) is 3.22. The Labute approximate surface area is 194 Å². The molecule has 0 aliphatic carbocycles. The van der Waals surface area contributed by atoms with Gasteiger partial charge in [0.1, 0.15) is 18.2 Å². The van der Waals surface area contributed by atoms with Crippen LogP contribution in [-0.4, -0.2) is 0 Å². The number of rotatable bonds is 2. The van der Waals surface area contributed by atoms with Crippen LogP contribution < -0.4 is 4.57 Å². The largest absolute Gasteiger partial charge is 0.455 e. The Balaban J connectivity index is 1.88. The second-order valence-corrected chi connectivity index (χ2v) is 9.62. The van der Waals surface area contributed by atoms with E-state index in [1.165, 1.54) is 0 Å². The molecule has 160 valence electrons. The monoisotopic (exact) mass is 423 g/mol. The van der Waals surface area contributed by atoms with Crippen LogP contribution in [0.2, 0.25) is 0 Å². The number of furan rings is 1. The summed E-state index contributed by atoms with van der Waals surface area (Å²) in [6.07, 6.45) is 2.14. The van der Waals surface area contributed by atoms with E-state index in [1.807, 2.05) is 37.4 Å². The van der Waals surface area contributed by atoms with Crippen molar-refractivity contribution in [2.45, 2.75) is 40.0 Å². The van der Waals surface area contributed by atoms with Crippen molar-refractivity contribution >= 4 is 21.9 Å². The van der Waals surface area contributed by atoms with Crippen LogP contribution in [0.5, 0.6) is 0 Å². The summed E-state index contributed by atoms with van der Waals surface area (Å²) in [5.74, 6) is 0. The second kappa shape index (κ2) is 7.34. The van der Waals surface area contributed by atoms with E-state index >= 15 is 0 Å². The summed E-state index contributed by atoms with van der Waals surface area (Å²) in [7, 11) is 2.05. The number of hydrogen-bond donors (Lipinski definition) is 0. The van der Waals surface area contributed by atoms with Crippen LogP contribution in [0.1, 0.15) is 41.6 Å². The standard InChI is InChI=1S/C30H30NO/c1-19-11-7-8-12-21(19)24-17-26(31(6)18-25(24)30(3,4)5)28-20(2)15-16-23-22-13-9-10-14-27(22)32-29(23)28/h7-18H,1-6H3/q+1/i1D3. The fourth-order valence-electron chi connectivity index (χ4n) is 4.64. The van der Waals surface area contributed by atoms with E-state index in [9.17, 15) is 0 Å². The second-order valence-electron chi connectivity index (χ2n) is 9.62. The van der Waals surface area contributed by atoms with Gasteiger partial charge >= 0.3 is 0 Å². The molecule has 0 saturated heterocycles. The Kier molecular flexibility index (Phi) is 3.94. The molecule has 2 heterocycles. The van der Waals surface area contributed by atoms with Crippen molar-refractivity contribution in [3.8, 4) is 22.4 Å².